The molecular formula is C14H18NOP. The third kappa shape index (κ3) is 2.24. The Morgan fingerprint density at radius 2 is 2.12 bits per heavy atom. The van der Waals surface area contributed by atoms with E-state index in [1.807, 2.05) is 6.07 Å². The third-order valence-corrected chi connectivity index (χ3v) is 6.23. The molecule has 0 aromatic heterocycles. The van der Waals surface area contributed by atoms with E-state index in [2.05, 4.69) is 30.9 Å². The predicted octanol–water partition coefficient (Wildman–Crippen LogP) is 3.43. The molecule has 3 atom stereocenters. The average molecular weight is 247 g/mol. The second-order valence-corrected chi connectivity index (χ2v) is 7.43. The molecule has 1 aromatic carbocycles. The van der Waals surface area contributed by atoms with E-state index in [-0.39, 0.29) is 14.0 Å². The maximum Gasteiger partial charge on any atom is 0.191 e. The van der Waals surface area contributed by atoms with Gasteiger partial charge in [0.2, 0.25) is 0 Å². The number of benzene rings is 1. The summed E-state index contributed by atoms with van der Waals surface area (Å²) in [7, 11) is 0.117. The van der Waals surface area contributed by atoms with Crippen molar-refractivity contribution in [3.05, 3.63) is 35.9 Å². The Labute approximate surface area is 104 Å². The third-order valence-electron chi connectivity index (χ3n) is 3.66. The predicted molar refractivity (Wildman–Crippen MR) is 73.3 cm³/mol. The molecule has 0 spiro atoms. The molecule has 2 heterocycles. The van der Waals surface area contributed by atoms with Gasteiger partial charge >= 0.3 is 0 Å². The molecule has 1 unspecified atom stereocenters. The second kappa shape index (κ2) is 4.78. The van der Waals surface area contributed by atoms with Crippen molar-refractivity contribution in [2.24, 2.45) is 4.99 Å². The fourth-order valence-electron chi connectivity index (χ4n) is 2.64. The number of nitrogens with zero attached hydrogens (tertiary/aromatic N) is 1. The summed E-state index contributed by atoms with van der Waals surface area (Å²) in [5.41, 5.74) is 1.92. The van der Waals surface area contributed by atoms with Gasteiger partial charge in [-0.2, -0.15) is 0 Å². The molecule has 2 aliphatic heterocycles. The van der Waals surface area contributed by atoms with Crippen molar-refractivity contribution >= 4 is 13.8 Å². The Morgan fingerprint density at radius 3 is 2.82 bits per heavy atom. The van der Waals surface area contributed by atoms with Crippen LogP contribution in [0.5, 0.6) is 0 Å². The van der Waals surface area contributed by atoms with Crippen molar-refractivity contribution in [2.45, 2.75) is 24.5 Å². The molecule has 3 rings (SSSR count). The molecule has 0 amide bonds. The fourth-order valence-corrected chi connectivity index (χ4v) is 4.78. The van der Waals surface area contributed by atoms with E-state index in [0.29, 0.717) is 5.66 Å². The minimum atomic E-state index is 0.117. The minimum absolute atomic E-state index is 0.117. The quantitative estimate of drug-likeness (QED) is 0.734. The molecule has 1 aromatic rings. The summed E-state index contributed by atoms with van der Waals surface area (Å²) < 4.78 is 5.84. The van der Waals surface area contributed by atoms with E-state index >= 15 is 0 Å². The van der Waals surface area contributed by atoms with Gasteiger partial charge < -0.3 is 4.74 Å². The first-order valence-corrected chi connectivity index (χ1v) is 8.34. The molecule has 3 heteroatoms. The van der Waals surface area contributed by atoms with Gasteiger partial charge in [0.1, 0.15) is 12.6 Å². The van der Waals surface area contributed by atoms with Gasteiger partial charge in [0.25, 0.3) is 0 Å². The minimum Gasteiger partial charge on any atom is -0.478 e. The van der Waals surface area contributed by atoms with E-state index in [1.165, 1.54) is 24.6 Å². The van der Waals surface area contributed by atoms with Crippen LogP contribution < -0.4 is 0 Å². The second-order valence-electron chi connectivity index (χ2n) is 4.84. The van der Waals surface area contributed by atoms with Crippen molar-refractivity contribution in [3.63, 3.8) is 0 Å². The topological polar surface area (TPSA) is 21.6 Å². The van der Waals surface area contributed by atoms with Crippen LogP contribution in [0.25, 0.3) is 0 Å². The normalized spacial score (nSPS) is 32.3. The highest BCUT2D eigenvalue weighted by Gasteiger charge is 2.33. The van der Waals surface area contributed by atoms with Gasteiger partial charge in [0, 0.05) is 0 Å². The van der Waals surface area contributed by atoms with Gasteiger partial charge in [0.05, 0.1) is 5.66 Å². The average Bonchev–Trinajstić information content (AvgIpc) is 2.98. The summed E-state index contributed by atoms with van der Waals surface area (Å²) in [5, 5.41) is 0. The molecule has 2 nitrogen and oxygen atoms in total. The van der Waals surface area contributed by atoms with E-state index in [1.54, 1.807) is 0 Å². The zero-order chi connectivity index (χ0) is 11.7. The lowest BCUT2D eigenvalue weighted by Crippen LogP contribution is -2.15. The van der Waals surface area contributed by atoms with Crippen LogP contribution in [0.15, 0.2) is 35.3 Å². The molecule has 90 valence electrons. The van der Waals surface area contributed by atoms with Gasteiger partial charge in [-0.05, 0) is 31.2 Å². The molecule has 0 aliphatic carbocycles. The van der Waals surface area contributed by atoms with Crippen LogP contribution in [0.2, 0.25) is 0 Å². The van der Waals surface area contributed by atoms with Crippen LogP contribution >= 0.6 is 7.92 Å². The number of hydrogen-bond donors (Lipinski definition) is 0. The molecule has 0 N–H and O–H groups in total. The summed E-state index contributed by atoms with van der Waals surface area (Å²) in [6.45, 7) is 3.12. The Balaban J connectivity index is 1.77. The molecule has 1 fully saturated rings. The maximum atomic E-state index is 5.84. The van der Waals surface area contributed by atoms with Gasteiger partial charge in [-0.1, -0.05) is 38.3 Å². The zero-order valence-corrected chi connectivity index (χ0v) is 11.1. The molecule has 17 heavy (non-hydrogen) atoms. The smallest absolute Gasteiger partial charge is 0.191 e. The molecule has 1 saturated heterocycles. The first-order valence-electron chi connectivity index (χ1n) is 6.30. The summed E-state index contributed by atoms with van der Waals surface area (Å²) in [4.78, 5) is 4.80. The molecule has 0 radical (unpaired) electrons. The van der Waals surface area contributed by atoms with E-state index < -0.39 is 0 Å². The van der Waals surface area contributed by atoms with Gasteiger partial charge in [0.15, 0.2) is 5.90 Å². The lowest BCUT2D eigenvalue weighted by Gasteiger charge is -2.14. The van der Waals surface area contributed by atoms with Gasteiger partial charge in [-0.15, -0.1) is 0 Å². The van der Waals surface area contributed by atoms with Crippen molar-refractivity contribution in [1.82, 2.24) is 0 Å². The van der Waals surface area contributed by atoms with Crippen molar-refractivity contribution in [3.8, 4) is 0 Å². The van der Waals surface area contributed by atoms with Crippen molar-refractivity contribution in [2.75, 3.05) is 19.4 Å². The number of rotatable bonds is 2. The largest absolute Gasteiger partial charge is 0.478 e. The van der Waals surface area contributed by atoms with E-state index in [4.69, 9.17) is 9.73 Å². The fraction of sp³-hybridized carbons (Fsp3) is 0.500. The standard InChI is InChI=1S/C14H18NOP/c1-17-9-5-8-13(17)14-15-12(10-16-14)11-6-3-2-4-7-11/h2-4,6-7,12-13H,5,8-10H2,1H3/t12-,13-,17?/m1/s1. The number of aliphatic imine (C=N–C) groups is 1. The highest BCUT2D eigenvalue weighted by atomic mass is 31.1. The summed E-state index contributed by atoms with van der Waals surface area (Å²) in [6, 6.07) is 10.7. The van der Waals surface area contributed by atoms with Gasteiger partial charge in [-0.25, -0.2) is 4.99 Å². The summed E-state index contributed by atoms with van der Waals surface area (Å²) >= 11 is 0. The van der Waals surface area contributed by atoms with Crippen LogP contribution in [-0.4, -0.2) is 31.0 Å². The number of ether oxygens (including phenoxy) is 1. The highest BCUT2D eigenvalue weighted by Crippen LogP contribution is 2.48. The maximum absolute atomic E-state index is 5.84. The van der Waals surface area contributed by atoms with Gasteiger partial charge in [-0.3, -0.25) is 0 Å². The lowest BCUT2D eigenvalue weighted by molar-refractivity contribution is 0.312. The molecule has 0 bridgehead atoms. The molecule has 0 saturated carbocycles. The molecule has 2 aliphatic rings. The van der Waals surface area contributed by atoms with E-state index in [9.17, 15) is 0 Å². The Morgan fingerprint density at radius 1 is 1.29 bits per heavy atom. The SMILES string of the molecule is CP1CCC[C@@H]1C1=N[C@@H](c2ccccc2)CO1. The summed E-state index contributed by atoms with van der Waals surface area (Å²) in [6.07, 6.45) is 4.02. The lowest BCUT2D eigenvalue weighted by atomic mass is 10.1. The monoisotopic (exact) mass is 247 g/mol. The number of hydrogen-bond acceptors (Lipinski definition) is 2. The first-order chi connectivity index (χ1) is 8.34. The first kappa shape index (κ1) is 11.2. The molecular weight excluding hydrogens is 229 g/mol. The van der Waals surface area contributed by atoms with Crippen LogP contribution in [0.1, 0.15) is 24.4 Å². The van der Waals surface area contributed by atoms with Crippen LogP contribution in [0, 0.1) is 0 Å². The van der Waals surface area contributed by atoms with Crippen molar-refractivity contribution < 1.29 is 4.74 Å². The van der Waals surface area contributed by atoms with Crippen molar-refractivity contribution in [1.29, 1.82) is 0 Å². The van der Waals surface area contributed by atoms with Crippen LogP contribution in [0.4, 0.5) is 0 Å². The Kier molecular flexibility index (Phi) is 3.15. The Bertz CT molecular complexity index is 417. The van der Waals surface area contributed by atoms with Crippen LogP contribution in [0.3, 0.4) is 0 Å². The summed E-state index contributed by atoms with van der Waals surface area (Å²) in [5.74, 6) is 1.05. The highest BCUT2D eigenvalue weighted by molar-refractivity contribution is 7.59. The van der Waals surface area contributed by atoms with Crippen LogP contribution in [-0.2, 0) is 4.74 Å². The zero-order valence-electron chi connectivity index (χ0n) is 10.2. The Hall–Kier alpha value is -0.880. The van der Waals surface area contributed by atoms with E-state index in [0.717, 1.165) is 12.5 Å².